The number of ether oxygens (including phenoxy) is 2. The lowest BCUT2D eigenvalue weighted by atomic mass is 10.1. The Hall–Kier alpha value is -2.55. The van der Waals surface area contributed by atoms with Gasteiger partial charge in [0.2, 0.25) is 0 Å². The SMILES string of the molecule is CC/C=C/C=C/C=C/C=C/C=C/CCCC(=O)OC(COC(=O)CCCCCCCCC/C=C/CCCCCCCCCC)COP(=O)(O)OCC[N+](C)(C)C. The van der Waals surface area contributed by atoms with Crippen LogP contribution < -0.4 is 0 Å². The molecule has 0 saturated heterocycles. The monoisotopic (exact) mass is 807 g/mol. The standard InChI is InChI=1S/C46H80NO8P/c1-6-8-10-12-14-16-18-20-21-22-23-24-25-27-28-30-32-34-36-38-45(48)52-42-44(43-54-56(50,51)53-41-40-47(3,4)5)55-46(49)39-37-35-33-31-29-26-19-17-15-13-11-9-7-2/h9,11,13,15,17,19,22-23,26,29,31,33,44H,6-8,10,12,14,16,18,20-21,24-25,27-28,30,32,34-43H2,1-5H3/p+1/b11-9+,15-13+,19-17+,23-22+,29-26+,33-31+. The van der Waals surface area contributed by atoms with Gasteiger partial charge in [0.1, 0.15) is 19.8 Å². The van der Waals surface area contributed by atoms with Crippen LogP contribution in [0.4, 0.5) is 0 Å². The van der Waals surface area contributed by atoms with Crippen LogP contribution in [0, 0.1) is 0 Å². The summed E-state index contributed by atoms with van der Waals surface area (Å²) in [4.78, 5) is 35.3. The van der Waals surface area contributed by atoms with Gasteiger partial charge in [0.15, 0.2) is 6.10 Å². The number of hydrogen-bond donors (Lipinski definition) is 1. The molecule has 9 nitrogen and oxygen atoms in total. The van der Waals surface area contributed by atoms with Crippen molar-refractivity contribution in [1.29, 1.82) is 0 Å². The lowest BCUT2D eigenvalue weighted by molar-refractivity contribution is -0.870. The smallest absolute Gasteiger partial charge is 0.462 e. The van der Waals surface area contributed by atoms with Crippen molar-refractivity contribution >= 4 is 19.8 Å². The summed E-state index contributed by atoms with van der Waals surface area (Å²) in [6, 6.07) is 0. The number of carbonyl (C=O) groups is 2. The van der Waals surface area contributed by atoms with E-state index >= 15 is 0 Å². The number of likely N-dealkylation sites (N-methyl/N-ethyl adjacent to an activating group) is 1. The third-order valence-corrected chi connectivity index (χ3v) is 9.83. The molecule has 0 aliphatic carbocycles. The quantitative estimate of drug-likeness (QED) is 0.0164. The maximum Gasteiger partial charge on any atom is 0.472 e. The number of nitrogens with zero attached hydrogens (tertiary/aromatic N) is 1. The third kappa shape index (κ3) is 41.1. The van der Waals surface area contributed by atoms with Gasteiger partial charge in [-0.15, -0.1) is 0 Å². The highest BCUT2D eigenvalue weighted by molar-refractivity contribution is 7.47. The van der Waals surface area contributed by atoms with Gasteiger partial charge in [0.05, 0.1) is 27.7 Å². The number of quaternary nitrogens is 1. The summed E-state index contributed by atoms with van der Waals surface area (Å²) in [7, 11) is 1.42. The highest BCUT2D eigenvalue weighted by atomic mass is 31.2. The van der Waals surface area contributed by atoms with E-state index in [0.29, 0.717) is 23.9 Å². The van der Waals surface area contributed by atoms with Crippen LogP contribution in [0.3, 0.4) is 0 Å². The summed E-state index contributed by atoms with van der Waals surface area (Å²) >= 11 is 0. The number of carbonyl (C=O) groups excluding carboxylic acids is 2. The van der Waals surface area contributed by atoms with E-state index in [0.717, 1.165) is 38.5 Å². The van der Waals surface area contributed by atoms with Gasteiger partial charge in [-0.1, -0.05) is 164 Å². The van der Waals surface area contributed by atoms with Crippen molar-refractivity contribution in [3.05, 3.63) is 72.9 Å². The molecule has 0 amide bonds. The van der Waals surface area contributed by atoms with Crippen LogP contribution in [0.25, 0.3) is 0 Å². The van der Waals surface area contributed by atoms with Gasteiger partial charge in [0.25, 0.3) is 0 Å². The van der Waals surface area contributed by atoms with Crippen molar-refractivity contribution in [2.24, 2.45) is 0 Å². The summed E-state index contributed by atoms with van der Waals surface area (Å²) in [6.07, 6.45) is 46.8. The number of allylic oxidation sites excluding steroid dienone is 12. The van der Waals surface area contributed by atoms with Crippen molar-refractivity contribution < 1.29 is 42.1 Å². The zero-order valence-electron chi connectivity index (χ0n) is 36.1. The molecule has 0 rings (SSSR count). The van der Waals surface area contributed by atoms with Crippen LogP contribution in [0.1, 0.15) is 155 Å². The molecule has 2 atom stereocenters. The minimum absolute atomic E-state index is 0.0141. The van der Waals surface area contributed by atoms with E-state index in [2.05, 4.69) is 32.1 Å². The van der Waals surface area contributed by atoms with Crippen molar-refractivity contribution in [3.8, 4) is 0 Å². The molecule has 0 radical (unpaired) electrons. The highest BCUT2D eigenvalue weighted by Gasteiger charge is 2.27. The second-order valence-corrected chi connectivity index (χ2v) is 16.9. The fourth-order valence-corrected chi connectivity index (χ4v) is 6.19. The predicted octanol–water partition coefficient (Wildman–Crippen LogP) is 12.2. The maximum atomic E-state index is 12.6. The summed E-state index contributed by atoms with van der Waals surface area (Å²) in [6.45, 7) is 4.17. The molecule has 0 heterocycles. The van der Waals surface area contributed by atoms with Gasteiger partial charge in [-0.3, -0.25) is 18.6 Å². The summed E-state index contributed by atoms with van der Waals surface area (Å²) in [5.74, 6) is -0.896. The Kier molecular flexibility index (Phi) is 36.3. The molecule has 0 saturated carbocycles. The Bertz CT molecular complexity index is 1180. The van der Waals surface area contributed by atoms with Gasteiger partial charge in [-0.05, 0) is 51.4 Å². The van der Waals surface area contributed by atoms with Crippen molar-refractivity contribution in [2.75, 3.05) is 47.5 Å². The van der Waals surface area contributed by atoms with Gasteiger partial charge in [-0.2, -0.15) is 0 Å². The molecular weight excluding hydrogens is 725 g/mol. The van der Waals surface area contributed by atoms with E-state index in [9.17, 15) is 19.0 Å². The van der Waals surface area contributed by atoms with E-state index in [-0.39, 0.29) is 26.1 Å². The van der Waals surface area contributed by atoms with Crippen molar-refractivity contribution in [3.63, 3.8) is 0 Å². The van der Waals surface area contributed by atoms with Crippen molar-refractivity contribution in [2.45, 2.75) is 161 Å². The zero-order valence-corrected chi connectivity index (χ0v) is 37.0. The van der Waals surface area contributed by atoms with Gasteiger partial charge in [0, 0.05) is 12.8 Å². The second-order valence-electron chi connectivity index (χ2n) is 15.5. The third-order valence-electron chi connectivity index (χ3n) is 8.85. The van der Waals surface area contributed by atoms with E-state index in [1.807, 2.05) is 75.8 Å². The molecule has 0 spiro atoms. The summed E-state index contributed by atoms with van der Waals surface area (Å²) < 4.78 is 34.2. The molecule has 2 unspecified atom stereocenters. The average Bonchev–Trinajstić information content (AvgIpc) is 3.15. The van der Waals surface area contributed by atoms with E-state index in [1.165, 1.54) is 77.0 Å². The molecule has 0 bridgehead atoms. The topological polar surface area (TPSA) is 108 Å². The van der Waals surface area contributed by atoms with E-state index < -0.39 is 32.5 Å². The molecule has 56 heavy (non-hydrogen) atoms. The fourth-order valence-electron chi connectivity index (χ4n) is 5.45. The van der Waals surface area contributed by atoms with Gasteiger partial charge < -0.3 is 18.9 Å². The molecular formula is C46H81NO8P+. The first-order valence-corrected chi connectivity index (χ1v) is 23.2. The number of unbranched alkanes of at least 4 members (excludes halogenated alkanes) is 16. The normalized spacial score (nSPS) is 14.3. The van der Waals surface area contributed by atoms with E-state index in [4.69, 9.17) is 18.5 Å². The van der Waals surface area contributed by atoms with Gasteiger partial charge in [-0.25, -0.2) is 4.57 Å². The maximum absolute atomic E-state index is 12.6. The Balaban J connectivity index is 4.43. The zero-order chi connectivity index (χ0) is 41.4. The molecule has 0 aromatic heterocycles. The van der Waals surface area contributed by atoms with E-state index in [1.54, 1.807) is 0 Å². The first kappa shape index (κ1) is 53.5. The fraction of sp³-hybridized carbons (Fsp3) is 0.696. The van der Waals surface area contributed by atoms with Crippen LogP contribution in [-0.4, -0.2) is 74.9 Å². The number of rotatable bonds is 38. The van der Waals surface area contributed by atoms with Crippen LogP contribution >= 0.6 is 7.82 Å². The average molecular weight is 807 g/mol. The van der Waals surface area contributed by atoms with Crippen LogP contribution in [0.2, 0.25) is 0 Å². The molecule has 10 heteroatoms. The molecule has 322 valence electrons. The number of esters is 2. The van der Waals surface area contributed by atoms with Gasteiger partial charge >= 0.3 is 19.8 Å². The summed E-state index contributed by atoms with van der Waals surface area (Å²) in [5, 5.41) is 0. The Morgan fingerprint density at radius 3 is 1.61 bits per heavy atom. The summed E-state index contributed by atoms with van der Waals surface area (Å²) in [5.41, 5.74) is 0. The minimum Gasteiger partial charge on any atom is -0.462 e. The second kappa shape index (κ2) is 38.0. The highest BCUT2D eigenvalue weighted by Crippen LogP contribution is 2.43. The van der Waals surface area contributed by atoms with Crippen molar-refractivity contribution in [1.82, 2.24) is 0 Å². The number of hydrogen-bond acceptors (Lipinski definition) is 7. The lowest BCUT2D eigenvalue weighted by Gasteiger charge is -2.24. The largest absolute Gasteiger partial charge is 0.472 e. The first-order chi connectivity index (χ1) is 27.0. The molecule has 0 fully saturated rings. The number of phosphoric acid groups is 1. The van der Waals surface area contributed by atoms with Crippen LogP contribution in [0.5, 0.6) is 0 Å². The Morgan fingerprint density at radius 1 is 0.571 bits per heavy atom. The predicted molar refractivity (Wildman–Crippen MR) is 233 cm³/mol. The first-order valence-electron chi connectivity index (χ1n) is 21.7. The molecule has 1 N–H and O–H groups in total. The lowest BCUT2D eigenvalue weighted by Crippen LogP contribution is -2.37. The Morgan fingerprint density at radius 2 is 1.05 bits per heavy atom. The number of phosphoric ester groups is 1. The molecule has 0 aromatic rings. The molecule has 0 aliphatic heterocycles. The van der Waals surface area contributed by atoms with Crippen LogP contribution in [-0.2, 0) is 32.7 Å². The molecule has 0 aromatic carbocycles. The molecule has 0 aliphatic rings. The minimum atomic E-state index is -4.40. The van der Waals surface area contributed by atoms with Crippen LogP contribution in [0.15, 0.2) is 72.9 Å². The Labute approximate surface area is 342 Å².